The van der Waals surface area contributed by atoms with Gasteiger partial charge in [-0.3, -0.25) is 0 Å². The number of rotatable bonds is 1. The molecule has 4 heteroatoms. The zero-order valence-corrected chi connectivity index (χ0v) is 7.40. The van der Waals surface area contributed by atoms with Gasteiger partial charge in [0.05, 0.1) is 12.6 Å². The lowest BCUT2D eigenvalue weighted by Gasteiger charge is -2.16. The van der Waals surface area contributed by atoms with Crippen molar-refractivity contribution in [3.8, 4) is 0 Å². The second-order valence-corrected chi connectivity index (χ2v) is 3.66. The van der Waals surface area contributed by atoms with Crippen LogP contribution in [-0.2, 0) is 0 Å². The summed E-state index contributed by atoms with van der Waals surface area (Å²) in [5.41, 5.74) is 0. The normalized spacial score (nSPS) is 29.8. The van der Waals surface area contributed by atoms with Crippen LogP contribution in [0.4, 0.5) is 4.79 Å². The first-order valence-electron chi connectivity index (χ1n) is 4.18. The van der Waals surface area contributed by atoms with Gasteiger partial charge in [-0.15, -0.1) is 0 Å². The third kappa shape index (κ3) is 1.69. The third-order valence-electron chi connectivity index (χ3n) is 2.46. The lowest BCUT2D eigenvalue weighted by atomic mass is 9.93. The van der Waals surface area contributed by atoms with Gasteiger partial charge in [-0.25, -0.2) is 4.79 Å². The van der Waals surface area contributed by atoms with Gasteiger partial charge in [0.1, 0.15) is 0 Å². The first-order valence-corrected chi connectivity index (χ1v) is 4.18. The van der Waals surface area contributed by atoms with Crippen LogP contribution < -0.4 is 0 Å². The first kappa shape index (κ1) is 9.32. The van der Waals surface area contributed by atoms with E-state index in [1.165, 1.54) is 4.90 Å². The maximum atomic E-state index is 10.5. The van der Waals surface area contributed by atoms with Crippen LogP contribution in [0.2, 0.25) is 0 Å². The molecule has 0 unspecified atom stereocenters. The van der Waals surface area contributed by atoms with Gasteiger partial charge < -0.3 is 15.1 Å². The molecular formula is C8H15NO3. The summed E-state index contributed by atoms with van der Waals surface area (Å²) in [7, 11) is 0. The number of carbonyl (C=O) groups is 1. The number of hydrogen-bond acceptors (Lipinski definition) is 2. The molecule has 0 aromatic carbocycles. The van der Waals surface area contributed by atoms with Crippen LogP contribution in [0.5, 0.6) is 0 Å². The van der Waals surface area contributed by atoms with E-state index in [1.807, 2.05) is 13.8 Å². The molecule has 0 saturated carbocycles. The van der Waals surface area contributed by atoms with Crippen molar-refractivity contribution in [1.82, 2.24) is 4.90 Å². The molecule has 1 fully saturated rings. The van der Waals surface area contributed by atoms with Crippen molar-refractivity contribution < 1.29 is 15.0 Å². The van der Waals surface area contributed by atoms with Gasteiger partial charge in [-0.2, -0.15) is 0 Å². The van der Waals surface area contributed by atoms with Gasteiger partial charge in [-0.1, -0.05) is 13.8 Å². The van der Waals surface area contributed by atoms with Crippen LogP contribution in [0.15, 0.2) is 0 Å². The van der Waals surface area contributed by atoms with E-state index in [9.17, 15) is 9.90 Å². The number of aliphatic hydroxyl groups is 1. The molecule has 0 spiro atoms. The minimum atomic E-state index is -0.933. The Labute approximate surface area is 71.8 Å². The molecule has 12 heavy (non-hydrogen) atoms. The molecular weight excluding hydrogens is 158 g/mol. The summed E-state index contributed by atoms with van der Waals surface area (Å²) in [6.45, 7) is 4.73. The van der Waals surface area contributed by atoms with E-state index in [2.05, 4.69) is 0 Å². The zero-order chi connectivity index (χ0) is 9.30. The topological polar surface area (TPSA) is 60.8 Å². The molecule has 1 heterocycles. The lowest BCUT2D eigenvalue weighted by Crippen LogP contribution is -2.27. The van der Waals surface area contributed by atoms with Crippen LogP contribution >= 0.6 is 0 Å². The Morgan fingerprint density at radius 2 is 2.08 bits per heavy atom. The molecule has 70 valence electrons. The number of likely N-dealkylation sites (tertiary alicyclic amines) is 1. The van der Waals surface area contributed by atoms with E-state index >= 15 is 0 Å². The highest BCUT2D eigenvalue weighted by Crippen LogP contribution is 2.23. The monoisotopic (exact) mass is 173 g/mol. The first-order chi connectivity index (χ1) is 5.52. The predicted octanol–water partition coefficient (Wildman–Crippen LogP) is 0.613. The largest absolute Gasteiger partial charge is 0.465 e. The molecule has 1 amide bonds. The van der Waals surface area contributed by atoms with Crippen LogP contribution in [0, 0.1) is 11.8 Å². The number of aliphatic hydroxyl groups excluding tert-OH is 1. The highest BCUT2D eigenvalue weighted by atomic mass is 16.4. The van der Waals surface area contributed by atoms with Gasteiger partial charge >= 0.3 is 6.09 Å². The summed E-state index contributed by atoms with van der Waals surface area (Å²) in [6, 6.07) is 0. The summed E-state index contributed by atoms with van der Waals surface area (Å²) in [6.07, 6.45) is -1.42. The molecule has 0 aromatic rings. The Balaban J connectivity index is 2.56. The van der Waals surface area contributed by atoms with E-state index < -0.39 is 12.2 Å². The van der Waals surface area contributed by atoms with Crippen LogP contribution in [0.1, 0.15) is 13.8 Å². The fourth-order valence-corrected chi connectivity index (χ4v) is 1.62. The standard InChI is InChI=1S/C8H15NO3/c1-5(2)6-3-9(8(11)12)4-7(6)10/h5-7,10H,3-4H2,1-2H3,(H,11,12)/t6-,7+/m1/s1. The molecule has 1 aliphatic heterocycles. The van der Waals surface area contributed by atoms with Crippen LogP contribution in [0.25, 0.3) is 0 Å². The number of nitrogens with zero attached hydrogens (tertiary/aromatic N) is 1. The van der Waals surface area contributed by atoms with Crippen molar-refractivity contribution in [2.45, 2.75) is 20.0 Å². The molecule has 0 aliphatic carbocycles. The summed E-state index contributed by atoms with van der Waals surface area (Å²) in [4.78, 5) is 11.8. The third-order valence-corrected chi connectivity index (χ3v) is 2.46. The smallest absolute Gasteiger partial charge is 0.407 e. The molecule has 0 aromatic heterocycles. The van der Waals surface area contributed by atoms with E-state index in [1.54, 1.807) is 0 Å². The highest BCUT2D eigenvalue weighted by molar-refractivity contribution is 5.65. The Kier molecular flexibility index (Phi) is 2.57. The van der Waals surface area contributed by atoms with Crippen LogP contribution in [0.3, 0.4) is 0 Å². The molecule has 1 aliphatic rings. The average Bonchev–Trinajstić information content (AvgIpc) is 2.30. The minimum absolute atomic E-state index is 0.0982. The molecule has 1 rings (SSSR count). The molecule has 4 nitrogen and oxygen atoms in total. The fraction of sp³-hybridized carbons (Fsp3) is 0.875. The van der Waals surface area contributed by atoms with Crippen molar-refractivity contribution in [2.24, 2.45) is 11.8 Å². The van der Waals surface area contributed by atoms with Gasteiger partial charge in [-0.05, 0) is 5.92 Å². The number of amides is 1. The number of hydrogen-bond donors (Lipinski definition) is 2. The lowest BCUT2D eigenvalue weighted by molar-refractivity contribution is 0.118. The van der Waals surface area contributed by atoms with Gasteiger partial charge in [0.25, 0.3) is 0 Å². The SMILES string of the molecule is CC(C)[C@H]1CN(C(=O)O)C[C@@H]1O. The highest BCUT2D eigenvalue weighted by Gasteiger charge is 2.35. The predicted molar refractivity (Wildman–Crippen MR) is 43.9 cm³/mol. The quantitative estimate of drug-likeness (QED) is 0.610. The number of carboxylic acid groups (broad SMARTS) is 1. The average molecular weight is 173 g/mol. The van der Waals surface area contributed by atoms with Crippen LogP contribution in [-0.4, -0.2) is 40.4 Å². The Hall–Kier alpha value is -0.770. The van der Waals surface area contributed by atoms with Gasteiger partial charge in [0.15, 0.2) is 0 Å². The van der Waals surface area contributed by atoms with Crippen molar-refractivity contribution in [2.75, 3.05) is 13.1 Å². The van der Waals surface area contributed by atoms with E-state index in [4.69, 9.17) is 5.11 Å². The van der Waals surface area contributed by atoms with E-state index in [0.717, 1.165) is 0 Å². The minimum Gasteiger partial charge on any atom is -0.465 e. The van der Waals surface area contributed by atoms with Crippen molar-refractivity contribution in [3.05, 3.63) is 0 Å². The molecule has 1 saturated heterocycles. The molecule has 0 bridgehead atoms. The summed E-state index contributed by atoms with van der Waals surface area (Å²) < 4.78 is 0. The van der Waals surface area contributed by atoms with Gasteiger partial charge in [0.2, 0.25) is 0 Å². The molecule has 2 atom stereocenters. The Morgan fingerprint density at radius 1 is 1.50 bits per heavy atom. The summed E-state index contributed by atoms with van der Waals surface area (Å²) in [5.74, 6) is 0.436. The maximum Gasteiger partial charge on any atom is 0.407 e. The second kappa shape index (κ2) is 3.31. The maximum absolute atomic E-state index is 10.5. The molecule has 0 radical (unpaired) electrons. The fourth-order valence-electron chi connectivity index (χ4n) is 1.62. The Bertz CT molecular complexity index is 181. The summed E-state index contributed by atoms with van der Waals surface area (Å²) in [5, 5.41) is 18.1. The van der Waals surface area contributed by atoms with Gasteiger partial charge in [0, 0.05) is 12.5 Å². The Morgan fingerprint density at radius 3 is 2.33 bits per heavy atom. The van der Waals surface area contributed by atoms with Crippen molar-refractivity contribution >= 4 is 6.09 Å². The van der Waals surface area contributed by atoms with E-state index in [0.29, 0.717) is 12.5 Å². The van der Waals surface area contributed by atoms with E-state index in [-0.39, 0.29) is 12.5 Å². The van der Waals surface area contributed by atoms with Crippen molar-refractivity contribution in [1.29, 1.82) is 0 Å². The number of β-amino-alcohol motifs (C(OH)–C–C–N with tert-alkyl or cyclic N) is 1. The summed E-state index contributed by atoms with van der Waals surface area (Å²) >= 11 is 0. The second-order valence-electron chi connectivity index (χ2n) is 3.66. The zero-order valence-electron chi connectivity index (χ0n) is 7.40. The van der Waals surface area contributed by atoms with Crippen molar-refractivity contribution in [3.63, 3.8) is 0 Å². The molecule has 2 N–H and O–H groups in total.